The molecule has 3 rings (SSSR count). The number of hydrogen-bond donors (Lipinski definition) is 2. The lowest BCUT2D eigenvalue weighted by atomic mass is 9.79. The van der Waals surface area contributed by atoms with Crippen molar-refractivity contribution in [2.75, 3.05) is 37.9 Å². The van der Waals surface area contributed by atoms with Gasteiger partial charge < -0.3 is 20.5 Å². The van der Waals surface area contributed by atoms with E-state index in [1.165, 1.54) is 25.7 Å². The molecule has 146 valence electrons. The van der Waals surface area contributed by atoms with Crippen molar-refractivity contribution in [1.29, 1.82) is 0 Å². The smallest absolute Gasteiger partial charge is 0.215 e. The van der Waals surface area contributed by atoms with Gasteiger partial charge in [0.2, 0.25) is 5.88 Å². The largest absolute Gasteiger partial charge is 0.481 e. The molecule has 0 amide bonds. The van der Waals surface area contributed by atoms with E-state index in [0.29, 0.717) is 29.3 Å². The van der Waals surface area contributed by atoms with Gasteiger partial charge in [-0.05, 0) is 58.4 Å². The van der Waals surface area contributed by atoms with Crippen molar-refractivity contribution < 1.29 is 9.47 Å². The van der Waals surface area contributed by atoms with Gasteiger partial charge in [0.15, 0.2) is 5.82 Å². The number of piperidine rings is 1. The topological polar surface area (TPSA) is 72.6 Å². The predicted octanol–water partition coefficient (Wildman–Crippen LogP) is 3.29. The Morgan fingerprint density at radius 1 is 1.23 bits per heavy atom. The van der Waals surface area contributed by atoms with E-state index < -0.39 is 0 Å². The minimum absolute atomic E-state index is 0.325. The van der Waals surface area contributed by atoms with Crippen LogP contribution in [0, 0.1) is 0 Å². The van der Waals surface area contributed by atoms with Gasteiger partial charge in [-0.1, -0.05) is 0 Å². The molecule has 0 atom stereocenters. The summed E-state index contributed by atoms with van der Waals surface area (Å²) >= 11 is 0. The third-order valence-corrected chi connectivity index (χ3v) is 6.12. The number of pyridine rings is 1. The van der Waals surface area contributed by atoms with Gasteiger partial charge in [-0.3, -0.25) is 4.90 Å². The molecular weight excluding hydrogens is 328 g/mol. The molecule has 1 aromatic rings. The summed E-state index contributed by atoms with van der Waals surface area (Å²) in [6.45, 7) is 7.61. The molecule has 0 unspecified atom stereocenters. The molecule has 3 N–H and O–H groups in total. The van der Waals surface area contributed by atoms with E-state index in [1.54, 1.807) is 13.2 Å². The van der Waals surface area contributed by atoms with Crippen LogP contribution in [0.25, 0.3) is 0 Å². The quantitative estimate of drug-likeness (QED) is 0.809. The summed E-state index contributed by atoms with van der Waals surface area (Å²) in [5, 5.41) is 3.52. The number of likely N-dealkylation sites (tertiary alicyclic amines) is 1. The van der Waals surface area contributed by atoms with Gasteiger partial charge in [0.05, 0.1) is 18.9 Å². The Morgan fingerprint density at radius 2 is 1.92 bits per heavy atom. The second-order valence-corrected chi connectivity index (χ2v) is 7.85. The van der Waals surface area contributed by atoms with Crippen molar-refractivity contribution >= 4 is 11.5 Å². The number of methoxy groups -OCH3 is 1. The summed E-state index contributed by atoms with van der Waals surface area (Å²) in [5.41, 5.74) is 7.06. The number of hydrogen-bond acceptors (Lipinski definition) is 6. The number of nitrogens with zero attached hydrogens (tertiary/aromatic N) is 2. The summed E-state index contributed by atoms with van der Waals surface area (Å²) in [5.74, 6) is 1.34. The molecule has 1 aromatic heterocycles. The van der Waals surface area contributed by atoms with Gasteiger partial charge in [-0.15, -0.1) is 0 Å². The molecule has 1 saturated carbocycles. The second-order valence-electron chi connectivity index (χ2n) is 7.85. The highest BCUT2D eigenvalue weighted by atomic mass is 16.5. The molecule has 0 aromatic carbocycles. The molecule has 0 bridgehead atoms. The van der Waals surface area contributed by atoms with E-state index in [0.717, 1.165) is 38.4 Å². The van der Waals surface area contributed by atoms with Crippen molar-refractivity contribution in [2.45, 2.75) is 70.1 Å². The van der Waals surface area contributed by atoms with Crippen molar-refractivity contribution in [3.63, 3.8) is 0 Å². The van der Waals surface area contributed by atoms with E-state index in [2.05, 4.69) is 29.0 Å². The summed E-state index contributed by atoms with van der Waals surface area (Å²) in [6, 6.07) is 4.06. The van der Waals surface area contributed by atoms with Crippen molar-refractivity contribution in [1.82, 2.24) is 9.88 Å². The fourth-order valence-corrected chi connectivity index (χ4v) is 4.37. The first-order valence-electron chi connectivity index (χ1n) is 9.98. The normalized spacial score (nSPS) is 28.0. The highest BCUT2D eigenvalue weighted by molar-refractivity contribution is 5.62. The lowest BCUT2D eigenvalue weighted by Gasteiger charge is -2.48. The van der Waals surface area contributed by atoms with Crippen LogP contribution in [0.4, 0.5) is 11.5 Å². The Balaban J connectivity index is 1.51. The first-order valence-corrected chi connectivity index (χ1v) is 9.98. The van der Waals surface area contributed by atoms with Gasteiger partial charge >= 0.3 is 0 Å². The van der Waals surface area contributed by atoms with Crippen LogP contribution in [0.5, 0.6) is 5.88 Å². The summed E-state index contributed by atoms with van der Waals surface area (Å²) in [4.78, 5) is 7.14. The van der Waals surface area contributed by atoms with Crippen LogP contribution in [-0.4, -0.2) is 54.4 Å². The van der Waals surface area contributed by atoms with E-state index in [9.17, 15) is 0 Å². The van der Waals surface area contributed by atoms with Crippen molar-refractivity contribution in [3.8, 4) is 5.88 Å². The molecule has 1 aliphatic heterocycles. The van der Waals surface area contributed by atoms with Crippen LogP contribution >= 0.6 is 0 Å². The molecule has 0 radical (unpaired) electrons. The first-order chi connectivity index (χ1) is 12.5. The molecule has 2 fully saturated rings. The molecule has 26 heavy (non-hydrogen) atoms. The Hall–Kier alpha value is -1.53. The Morgan fingerprint density at radius 3 is 2.54 bits per heavy atom. The lowest BCUT2D eigenvalue weighted by Crippen LogP contribution is -2.53. The number of aromatic nitrogens is 1. The van der Waals surface area contributed by atoms with Gasteiger partial charge in [0, 0.05) is 37.3 Å². The van der Waals surface area contributed by atoms with Crippen LogP contribution in [0.3, 0.4) is 0 Å². The third kappa shape index (κ3) is 4.41. The Bertz CT molecular complexity index is 579. The average molecular weight is 363 g/mol. The maximum Gasteiger partial charge on any atom is 0.215 e. The molecule has 2 heterocycles. The standard InChI is InChI=1S/C20H34N4O2/c1-4-26-16-7-11-20(2,12-8-16)24-13-9-15(10-14-24)22-19-17(21)5-6-18(23-19)25-3/h5-6,15-16H,4,7-14,21H2,1-3H3,(H,22,23). The molecule has 1 saturated heterocycles. The number of rotatable bonds is 6. The first kappa shape index (κ1) is 19.2. The molecular formula is C20H34N4O2. The second kappa shape index (κ2) is 8.44. The minimum atomic E-state index is 0.325. The number of nitrogens with one attached hydrogen (secondary N) is 1. The monoisotopic (exact) mass is 362 g/mol. The minimum Gasteiger partial charge on any atom is -0.481 e. The van der Waals surface area contributed by atoms with Gasteiger partial charge in [-0.2, -0.15) is 4.98 Å². The van der Waals surface area contributed by atoms with Crippen LogP contribution in [-0.2, 0) is 4.74 Å². The van der Waals surface area contributed by atoms with Crippen LogP contribution < -0.4 is 15.8 Å². The summed E-state index contributed by atoms with van der Waals surface area (Å²) < 4.78 is 11.0. The van der Waals surface area contributed by atoms with Gasteiger partial charge in [0.1, 0.15) is 0 Å². The number of ether oxygens (including phenoxy) is 2. The summed E-state index contributed by atoms with van der Waals surface area (Å²) in [6.07, 6.45) is 7.54. The fourth-order valence-electron chi connectivity index (χ4n) is 4.37. The predicted molar refractivity (Wildman–Crippen MR) is 106 cm³/mol. The third-order valence-electron chi connectivity index (χ3n) is 6.12. The number of nitrogens with two attached hydrogens (primary N) is 1. The van der Waals surface area contributed by atoms with Crippen LogP contribution in [0.1, 0.15) is 52.4 Å². The van der Waals surface area contributed by atoms with Gasteiger partial charge in [-0.25, -0.2) is 0 Å². The van der Waals surface area contributed by atoms with E-state index in [4.69, 9.17) is 15.2 Å². The molecule has 6 nitrogen and oxygen atoms in total. The number of nitrogen functional groups attached to an aromatic ring is 1. The average Bonchev–Trinajstić information content (AvgIpc) is 2.66. The van der Waals surface area contributed by atoms with Crippen molar-refractivity contribution in [2.24, 2.45) is 0 Å². The molecule has 6 heteroatoms. The van der Waals surface area contributed by atoms with Crippen molar-refractivity contribution in [3.05, 3.63) is 12.1 Å². The fraction of sp³-hybridized carbons (Fsp3) is 0.750. The van der Waals surface area contributed by atoms with E-state index in [1.807, 2.05) is 6.07 Å². The summed E-state index contributed by atoms with van der Waals surface area (Å²) in [7, 11) is 1.63. The maximum atomic E-state index is 6.06. The zero-order chi connectivity index (χ0) is 18.6. The molecule has 1 aliphatic carbocycles. The lowest BCUT2D eigenvalue weighted by molar-refractivity contribution is -0.0242. The van der Waals surface area contributed by atoms with E-state index >= 15 is 0 Å². The molecule has 0 spiro atoms. The Kier molecular flexibility index (Phi) is 6.24. The van der Waals surface area contributed by atoms with Crippen LogP contribution in [0.15, 0.2) is 12.1 Å². The Labute approximate surface area is 157 Å². The zero-order valence-electron chi connectivity index (χ0n) is 16.5. The highest BCUT2D eigenvalue weighted by Crippen LogP contribution is 2.36. The van der Waals surface area contributed by atoms with E-state index in [-0.39, 0.29) is 0 Å². The van der Waals surface area contributed by atoms with Gasteiger partial charge in [0.25, 0.3) is 0 Å². The molecule has 2 aliphatic rings. The number of anilines is 2. The zero-order valence-corrected chi connectivity index (χ0v) is 16.5. The maximum absolute atomic E-state index is 6.06. The van der Waals surface area contributed by atoms with Crippen LogP contribution in [0.2, 0.25) is 0 Å². The highest BCUT2D eigenvalue weighted by Gasteiger charge is 2.38. The SMILES string of the molecule is CCOC1CCC(C)(N2CCC(Nc3nc(OC)ccc3N)CC2)CC1.